The molecule has 0 unspecified atom stereocenters. The van der Waals surface area contributed by atoms with Crippen LogP contribution in [0.1, 0.15) is 42.1 Å². The molecular weight excluding hydrogens is 669 g/mol. The number of hydrogen-bond acceptors (Lipinski definition) is 4. The van der Waals surface area contributed by atoms with Crippen molar-refractivity contribution in [3.63, 3.8) is 0 Å². The molecule has 0 saturated carbocycles. The van der Waals surface area contributed by atoms with Gasteiger partial charge in [-0.05, 0) is 74.2 Å². The van der Waals surface area contributed by atoms with E-state index in [0.717, 1.165) is 4.90 Å². The predicted octanol–water partition coefficient (Wildman–Crippen LogP) is 2.88. The van der Waals surface area contributed by atoms with E-state index in [1.54, 1.807) is 0 Å². The highest BCUT2D eigenvalue weighted by Crippen LogP contribution is 2.39. The Bertz CT molecular complexity index is 778. The van der Waals surface area contributed by atoms with Crippen molar-refractivity contribution in [3.05, 3.63) is 21.8 Å². The van der Waals surface area contributed by atoms with Crippen molar-refractivity contribution < 1.29 is 24.3 Å². The van der Waals surface area contributed by atoms with Crippen LogP contribution in [0, 0.1) is 10.7 Å². The zero-order valence-corrected chi connectivity index (χ0v) is 19.5. The fourth-order valence-corrected chi connectivity index (χ4v) is 6.95. The molecule has 1 aliphatic rings. The van der Waals surface area contributed by atoms with E-state index in [1.807, 2.05) is 67.8 Å². The summed E-state index contributed by atoms with van der Waals surface area (Å²) in [6.45, 7) is 1.48. The number of amides is 3. The standard InChI is InChI=1S/C15H13I3N2O5/c1-6(21)19-5-7-11(16)10(15(24)25)13(18)14(12(7)17)20-8(22)3-2-4-9(20)23/h2-5H2,1H3,(H,19,21)(H,24,25). The van der Waals surface area contributed by atoms with Crippen molar-refractivity contribution >= 4 is 97.2 Å². The van der Waals surface area contributed by atoms with Crippen molar-refractivity contribution in [2.75, 3.05) is 4.90 Å². The van der Waals surface area contributed by atoms with E-state index in [-0.39, 0.29) is 42.7 Å². The molecule has 10 heteroatoms. The van der Waals surface area contributed by atoms with Gasteiger partial charge in [-0.3, -0.25) is 14.4 Å². The minimum Gasteiger partial charge on any atom is -0.478 e. The van der Waals surface area contributed by atoms with E-state index in [0.29, 0.717) is 28.4 Å². The molecule has 1 saturated heterocycles. The van der Waals surface area contributed by atoms with E-state index in [1.165, 1.54) is 6.92 Å². The Morgan fingerprint density at radius 1 is 1.08 bits per heavy atom. The Kier molecular flexibility index (Phi) is 7.03. The first-order chi connectivity index (χ1) is 11.7. The Morgan fingerprint density at radius 3 is 2.12 bits per heavy atom. The van der Waals surface area contributed by atoms with Crippen LogP contribution < -0.4 is 10.2 Å². The third-order valence-electron chi connectivity index (χ3n) is 3.62. The maximum atomic E-state index is 12.3. The number of imide groups is 1. The summed E-state index contributed by atoms with van der Waals surface area (Å²) in [6.07, 6.45) is 0.983. The number of halogens is 3. The molecule has 1 aromatic rings. The first-order valence-electron chi connectivity index (χ1n) is 7.19. The molecule has 3 amide bonds. The fraction of sp³-hybridized carbons (Fsp3) is 0.333. The van der Waals surface area contributed by atoms with Crippen molar-refractivity contribution in [2.45, 2.75) is 32.7 Å². The lowest BCUT2D eigenvalue weighted by molar-refractivity contribution is -0.129. The zero-order chi connectivity index (χ0) is 18.9. The molecular formula is C15H13I3N2O5. The number of nitrogens with one attached hydrogen (secondary N) is 1. The maximum Gasteiger partial charge on any atom is 0.337 e. The molecule has 7 nitrogen and oxygen atoms in total. The van der Waals surface area contributed by atoms with Crippen LogP contribution in [0.5, 0.6) is 0 Å². The summed E-state index contributed by atoms with van der Waals surface area (Å²) in [5.41, 5.74) is 0.910. The van der Waals surface area contributed by atoms with E-state index in [4.69, 9.17) is 0 Å². The smallest absolute Gasteiger partial charge is 0.337 e. The second-order valence-electron chi connectivity index (χ2n) is 5.34. The summed E-state index contributed by atoms with van der Waals surface area (Å²) >= 11 is 5.79. The highest BCUT2D eigenvalue weighted by molar-refractivity contribution is 14.1. The summed E-state index contributed by atoms with van der Waals surface area (Å²) < 4.78 is 1.41. The van der Waals surface area contributed by atoms with Gasteiger partial charge in [0.15, 0.2) is 0 Å². The third-order valence-corrected chi connectivity index (χ3v) is 7.02. The number of aromatic carboxylic acids is 1. The first kappa shape index (κ1) is 20.8. The molecule has 2 rings (SSSR count). The number of carbonyl (C=O) groups excluding carboxylic acids is 3. The maximum absolute atomic E-state index is 12.3. The summed E-state index contributed by atoms with van der Waals surface area (Å²) in [7, 11) is 0. The van der Waals surface area contributed by atoms with Crippen molar-refractivity contribution in [2.24, 2.45) is 0 Å². The summed E-state index contributed by atoms with van der Waals surface area (Å²) in [6, 6.07) is 0. The van der Waals surface area contributed by atoms with Gasteiger partial charge in [-0.1, -0.05) is 0 Å². The van der Waals surface area contributed by atoms with E-state index >= 15 is 0 Å². The molecule has 1 aromatic carbocycles. The fourth-order valence-electron chi connectivity index (χ4n) is 2.46. The molecule has 0 aromatic heterocycles. The normalized spacial score (nSPS) is 14.6. The van der Waals surface area contributed by atoms with Crippen molar-refractivity contribution in [1.29, 1.82) is 0 Å². The van der Waals surface area contributed by atoms with Crippen LogP contribution in [0.25, 0.3) is 0 Å². The molecule has 1 aliphatic heterocycles. The molecule has 1 heterocycles. The van der Waals surface area contributed by atoms with Crippen LogP contribution in [0.3, 0.4) is 0 Å². The Labute approximate surface area is 184 Å². The van der Waals surface area contributed by atoms with Gasteiger partial charge in [-0.15, -0.1) is 0 Å². The number of carbonyl (C=O) groups is 4. The van der Waals surface area contributed by atoms with Gasteiger partial charge in [0, 0.05) is 39.0 Å². The van der Waals surface area contributed by atoms with Gasteiger partial charge in [0.1, 0.15) is 0 Å². The van der Waals surface area contributed by atoms with Crippen LogP contribution in [-0.4, -0.2) is 28.8 Å². The highest BCUT2D eigenvalue weighted by atomic mass is 127. The summed E-state index contributed by atoms with van der Waals surface area (Å²) in [5.74, 6) is -2.08. The highest BCUT2D eigenvalue weighted by Gasteiger charge is 2.34. The minimum atomic E-state index is -1.15. The van der Waals surface area contributed by atoms with Gasteiger partial charge < -0.3 is 10.4 Å². The largest absolute Gasteiger partial charge is 0.478 e. The SMILES string of the molecule is CC(=O)NCc1c(I)c(C(=O)O)c(I)c(N2C(=O)CCCC2=O)c1I. The summed E-state index contributed by atoms with van der Waals surface area (Å²) in [4.78, 5) is 48.8. The number of anilines is 1. The van der Waals surface area contributed by atoms with Gasteiger partial charge in [0.05, 0.1) is 14.8 Å². The molecule has 0 aliphatic carbocycles. The van der Waals surface area contributed by atoms with E-state index in [2.05, 4.69) is 5.32 Å². The lowest BCUT2D eigenvalue weighted by atomic mass is 10.0. The quantitative estimate of drug-likeness (QED) is 0.376. The van der Waals surface area contributed by atoms with E-state index < -0.39 is 5.97 Å². The van der Waals surface area contributed by atoms with Crippen LogP contribution in [0.4, 0.5) is 5.69 Å². The zero-order valence-electron chi connectivity index (χ0n) is 13.0. The lowest BCUT2D eigenvalue weighted by Crippen LogP contribution is -2.41. The van der Waals surface area contributed by atoms with Gasteiger partial charge in [0.25, 0.3) is 0 Å². The summed E-state index contributed by atoms with van der Waals surface area (Å²) in [5, 5.41) is 12.3. The molecule has 0 bridgehead atoms. The second kappa shape index (κ2) is 8.45. The average molecular weight is 682 g/mol. The molecule has 2 N–H and O–H groups in total. The van der Waals surface area contributed by atoms with Crippen LogP contribution in [0.2, 0.25) is 0 Å². The van der Waals surface area contributed by atoms with Gasteiger partial charge in [-0.25, -0.2) is 9.69 Å². The Morgan fingerprint density at radius 2 is 1.64 bits per heavy atom. The van der Waals surface area contributed by atoms with Crippen molar-refractivity contribution in [3.8, 4) is 0 Å². The third kappa shape index (κ3) is 4.26. The number of benzene rings is 1. The monoisotopic (exact) mass is 682 g/mol. The lowest BCUT2D eigenvalue weighted by Gasteiger charge is -2.29. The molecule has 134 valence electrons. The number of rotatable bonds is 4. The number of carboxylic acid groups (broad SMARTS) is 1. The van der Waals surface area contributed by atoms with E-state index in [9.17, 15) is 24.3 Å². The van der Waals surface area contributed by atoms with Crippen molar-refractivity contribution in [1.82, 2.24) is 5.32 Å². The average Bonchev–Trinajstić information content (AvgIpc) is 2.49. The second-order valence-corrected chi connectivity index (χ2v) is 8.57. The number of nitrogens with zero attached hydrogens (tertiary/aromatic N) is 1. The van der Waals surface area contributed by atoms with Crippen LogP contribution in [-0.2, 0) is 20.9 Å². The number of hydrogen-bond donors (Lipinski definition) is 2. The van der Waals surface area contributed by atoms with Gasteiger partial charge >= 0.3 is 5.97 Å². The topological polar surface area (TPSA) is 104 Å². The van der Waals surface area contributed by atoms with Gasteiger partial charge in [0.2, 0.25) is 17.7 Å². The predicted molar refractivity (Wildman–Crippen MR) is 115 cm³/mol. The first-order valence-corrected chi connectivity index (χ1v) is 10.4. The van der Waals surface area contributed by atoms with Gasteiger partial charge in [-0.2, -0.15) is 0 Å². The number of piperidine rings is 1. The molecule has 0 atom stereocenters. The molecule has 1 fully saturated rings. The molecule has 0 radical (unpaired) electrons. The Balaban J connectivity index is 2.73. The Hall–Kier alpha value is -0.510. The molecule has 0 spiro atoms. The molecule has 25 heavy (non-hydrogen) atoms. The number of carboxylic acids is 1. The van der Waals surface area contributed by atoms with Crippen LogP contribution >= 0.6 is 67.8 Å². The van der Waals surface area contributed by atoms with Crippen LogP contribution in [0.15, 0.2) is 0 Å². The minimum absolute atomic E-state index is 0.0307.